The van der Waals surface area contributed by atoms with Crippen molar-refractivity contribution in [1.82, 2.24) is 14.5 Å². The minimum absolute atomic E-state index is 0.0760. The van der Waals surface area contributed by atoms with Crippen molar-refractivity contribution in [2.24, 2.45) is 7.05 Å². The molecule has 3 heterocycles. The van der Waals surface area contributed by atoms with E-state index in [2.05, 4.69) is 50.9 Å². The standard InChI is InChI=1S/C27H22FN3/c1-31-13-10-21-14-19(7-9-27(21)31)26-16-24(28)8-6-20(26)15-25(22-4-2-11-29-17-22)23-5-3-12-30-18-23/h2-14,16-18,25H,15H2,1H3. The second kappa shape index (κ2) is 8.15. The fourth-order valence-corrected chi connectivity index (χ4v) is 4.26. The highest BCUT2D eigenvalue weighted by atomic mass is 19.1. The number of aryl methyl sites for hydroxylation is 1. The van der Waals surface area contributed by atoms with Crippen molar-refractivity contribution in [2.75, 3.05) is 0 Å². The maximum Gasteiger partial charge on any atom is 0.123 e. The van der Waals surface area contributed by atoms with Crippen LogP contribution >= 0.6 is 0 Å². The third-order valence-electron chi connectivity index (χ3n) is 5.87. The van der Waals surface area contributed by atoms with Gasteiger partial charge in [-0.2, -0.15) is 0 Å². The Morgan fingerprint density at radius 3 is 2.29 bits per heavy atom. The molecule has 5 aromatic rings. The van der Waals surface area contributed by atoms with Crippen molar-refractivity contribution in [2.45, 2.75) is 12.3 Å². The van der Waals surface area contributed by atoms with Crippen molar-refractivity contribution in [3.8, 4) is 11.1 Å². The molecule has 0 amide bonds. The van der Waals surface area contributed by atoms with Crippen molar-refractivity contribution in [1.29, 1.82) is 0 Å². The Balaban J connectivity index is 1.60. The number of pyridine rings is 2. The Hall–Kier alpha value is -3.79. The summed E-state index contributed by atoms with van der Waals surface area (Å²) in [7, 11) is 2.03. The van der Waals surface area contributed by atoms with E-state index in [1.54, 1.807) is 24.5 Å². The van der Waals surface area contributed by atoms with E-state index >= 15 is 0 Å². The zero-order valence-corrected chi connectivity index (χ0v) is 17.2. The lowest BCUT2D eigenvalue weighted by atomic mass is 9.85. The number of rotatable bonds is 5. The summed E-state index contributed by atoms with van der Waals surface area (Å²) >= 11 is 0. The van der Waals surface area contributed by atoms with Gasteiger partial charge in [-0.1, -0.05) is 24.3 Å². The van der Waals surface area contributed by atoms with Gasteiger partial charge in [0, 0.05) is 54.9 Å². The molecule has 3 nitrogen and oxygen atoms in total. The van der Waals surface area contributed by atoms with Gasteiger partial charge < -0.3 is 4.57 Å². The molecule has 0 aliphatic heterocycles. The van der Waals surface area contributed by atoms with Crippen LogP contribution in [0.5, 0.6) is 0 Å². The third-order valence-corrected chi connectivity index (χ3v) is 5.87. The Bertz CT molecular complexity index is 1290. The first-order chi connectivity index (χ1) is 15.2. The summed E-state index contributed by atoms with van der Waals surface area (Å²) < 4.78 is 16.4. The van der Waals surface area contributed by atoms with Crippen LogP contribution in [0.2, 0.25) is 0 Å². The van der Waals surface area contributed by atoms with Crippen molar-refractivity contribution in [3.05, 3.63) is 120 Å². The molecule has 4 heteroatoms. The topological polar surface area (TPSA) is 30.7 Å². The van der Waals surface area contributed by atoms with Crippen LogP contribution in [0.15, 0.2) is 97.7 Å². The van der Waals surface area contributed by atoms with Gasteiger partial charge in [0.1, 0.15) is 5.82 Å². The molecule has 0 fully saturated rings. The smallest absolute Gasteiger partial charge is 0.123 e. The van der Waals surface area contributed by atoms with Crippen LogP contribution in [0, 0.1) is 5.82 Å². The SMILES string of the molecule is Cn1ccc2cc(-c3cc(F)ccc3CC(c3cccnc3)c3cccnc3)ccc21. The molecule has 3 aromatic heterocycles. The largest absolute Gasteiger partial charge is 0.351 e. The molecule has 2 aromatic carbocycles. The highest BCUT2D eigenvalue weighted by Gasteiger charge is 2.18. The van der Waals surface area contributed by atoms with Crippen molar-refractivity contribution < 1.29 is 4.39 Å². The average molecular weight is 407 g/mol. The van der Waals surface area contributed by atoms with Crippen LogP contribution < -0.4 is 0 Å². The number of hydrogen-bond acceptors (Lipinski definition) is 2. The predicted molar refractivity (Wildman–Crippen MR) is 122 cm³/mol. The lowest BCUT2D eigenvalue weighted by Gasteiger charge is -2.20. The Kier molecular flexibility index (Phi) is 5.04. The molecule has 31 heavy (non-hydrogen) atoms. The van der Waals surface area contributed by atoms with Crippen molar-refractivity contribution >= 4 is 10.9 Å². The van der Waals surface area contributed by atoms with Crippen molar-refractivity contribution in [3.63, 3.8) is 0 Å². The van der Waals surface area contributed by atoms with E-state index < -0.39 is 0 Å². The molecule has 0 spiro atoms. The molecule has 0 unspecified atom stereocenters. The number of fused-ring (bicyclic) bond motifs is 1. The van der Waals surface area contributed by atoms with E-state index in [4.69, 9.17) is 0 Å². The third kappa shape index (κ3) is 3.84. The zero-order chi connectivity index (χ0) is 21.2. The number of nitrogens with zero attached hydrogens (tertiary/aromatic N) is 3. The highest BCUT2D eigenvalue weighted by Crippen LogP contribution is 2.34. The van der Waals surface area contributed by atoms with E-state index in [0.29, 0.717) is 0 Å². The molecular weight excluding hydrogens is 385 g/mol. The quantitative estimate of drug-likeness (QED) is 0.350. The summed E-state index contributed by atoms with van der Waals surface area (Å²) in [6.45, 7) is 0. The zero-order valence-electron chi connectivity index (χ0n) is 17.2. The van der Waals surface area contributed by atoms with Crippen LogP contribution in [0.25, 0.3) is 22.0 Å². The average Bonchev–Trinajstić information content (AvgIpc) is 3.19. The molecule has 0 aliphatic rings. The molecule has 0 saturated carbocycles. The summed E-state index contributed by atoms with van der Waals surface area (Å²) in [5.41, 5.74) is 6.42. The summed E-state index contributed by atoms with van der Waals surface area (Å²) in [6, 6.07) is 21.6. The van der Waals surface area contributed by atoms with Gasteiger partial charge in [0.2, 0.25) is 0 Å². The van der Waals surface area contributed by atoms with E-state index in [1.807, 2.05) is 43.8 Å². The monoisotopic (exact) mass is 407 g/mol. The molecule has 5 rings (SSSR count). The maximum absolute atomic E-state index is 14.3. The molecule has 0 saturated heterocycles. The summed E-state index contributed by atoms with van der Waals surface area (Å²) in [4.78, 5) is 8.64. The van der Waals surface area contributed by atoms with Gasteiger partial charge in [0.25, 0.3) is 0 Å². The van der Waals surface area contributed by atoms with Crippen LogP contribution in [-0.2, 0) is 13.5 Å². The molecule has 0 N–H and O–H groups in total. The first kappa shape index (κ1) is 19.2. The fourth-order valence-electron chi connectivity index (χ4n) is 4.26. The minimum Gasteiger partial charge on any atom is -0.351 e. The van der Waals surface area contributed by atoms with Crippen LogP contribution in [0.1, 0.15) is 22.6 Å². The molecule has 0 aliphatic carbocycles. The number of benzene rings is 2. The summed E-state index contributed by atoms with van der Waals surface area (Å²) in [5.74, 6) is -0.154. The highest BCUT2D eigenvalue weighted by molar-refractivity contribution is 5.86. The number of aromatic nitrogens is 3. The van der Waals surface area contributed by atoms with Crippen LogP contribution in [0.3, 0.4) is 0 Å². The fraction of sp³-hybridized carbons (Fsp3) is 0.111. The predicted octanol–water partition coefficient (Wildman–Crippen LogP) is 6.15. The van der Waals surface area contributed by atoms with Gasteiger partial charge >= 0.3 is 0 Å². The first-order valence-electron chi connectivity index (χ1n) is 10.3. The summed E-state index contributed by atoms with van der Waals surface area (Å²) in [5, 5.41) is 1.14. The van der Waals surface area contributed by atoms with E-state index in [9.17, 15) is 4.39 Å². The van der Waals surface area contributed by atoms with E-state index in [-0.39, 0.29) is 11.7 Å². The van der Waals surface area contributed by atoms with E-state index in [1.165, 1.54) is 0 Å². The second-order valence-electron chi connectivity index (χ2n) is 7.83. The Morgan fingerprint density at radius 1 is 0.871 bits per heavy atom. The van der Waals surface area contributed by atoms with Gasteiger partial charge in [0.05, 0.1) is 0 Å². The molecular formula is C27H22FN3. The molecule has 0 atom stereocenters. The first-order valence-corrected chi connectivity index (χ1v) is 10.3. The molecule has 152 valence electrons. The van der Waals surface area contributed by atoms with Gasteiger partial charge in [-0.25, -0.2) is 4.39 Å². The maximum atomic E-state index is 14.3. The van der Waals surface area contributed by atoms with Gasteiger partial charge in [-0.3, -0.25) is 9.97 Å². The number of hydrogen-bond donors (Lipinski definition) is 0. The second-order valence-corrected chi connectivity index (χ2v) is 7.83. The van der Waals surface area contributed by atoms with E-state index in [0.717, 1.165) is 45.1 Å². The van der Waals surface area contributed by atoms with Gasteiger partial charge in [0.15, 0.2) is 0 Å². The molecule has 0 bridgehead atoms. The number of halogens is 1. The Labute approximate surface area is 180 Å². The lowest BCUT2D eigenvalue weighted by Crippen LogP contribution is -2.07. The lowest BCUT2D eigenvalue weighted by molar-refractivity contribution is 0.627. The van der Waals surface area contributed by atoms with Gasteiger partial charge in [-0.15, -0.1) is 0 Å². The molecule has 0 radical (unpaired) electrons. The normalized spacial score (nSPS) is 11.3. The Morgan fingerprint density at radius 2 is 1.61 bits per heavy atom. The minimum atomic E-state index is -0.230. The van der Waals surface area contributed by atoms with Crippen LogP contribution in [-0.4, -0.2) is 14.5 Å². The summed E-state index contributed by atoms with van der Waals surface area (Å²) in [6.07, 6.45) is 10.1. The van der Waals surface area contributed by atoms with Crippen LogP contribution in [0.4, 0.5) is 4.39 Å². The van der Waals surface area contributed by atoms with Gasteiger partial charge in [-0.05, 0) is 76.7 Å².